The largest absolute Gasteiger partial charge is 0.384 e. The molecule has 2 aromatic rings. The molecular formula is C23H28F2N4O3. The zero-order valence-corrected chi connectivity index (χ0v) is 18.0. The van der Waals surface area contributed by atoms with Gasteiger partial charge in [-0.2, -0.15) is 0 Å². The number of nitrogens with zero attached hydrogens (tertiary/aromatic N) is 1. The quantitative estimate of drug-likeness (QED) is 0.403. The first-order valence-electron chi connectivity index (χ1n) is 10.4. The van der Waals surface area contributed by atoms with Crippen LogP contribution in [0, 0.1) is 17.0 Å². The van der Waals surface area contributed by atoms with E-state index in [1.165, 1.54) is 6.07 Å². The third-order valence-electron chi connectivity index (χ3n) is 5.58. The van der Waals surface area contributed by atoms with E-state index < -0.39 is 28.7 Å². The van der Waals surface area contributed by atoms with E-state index >= 15 is 8.78 Å². The van der Waals surface area contributed by atoms with Gasteiger partial charge in [-0.25, -0.2) is 8.78 Å². The summed E-state index contributed by atoms with van der Waals surface area (Å²) >= 11 is 0. The fraction of sp³-hybridized carbons (Fsp3) is 0.391. The van der Waals surface area contributed by atoms with Crippen molar-refractivity contribution in [2.45, 2.75) is 25.5 Å². The number of hydrogen-bond acceptors (Lipinski definition) is 5. The van der Waals surface area contributed by atoms with Crippen molar-refractivity contribution >= 4 is 11.7 Å². The minimum Gasteiger partial charge on any atom is -0.384 e. The molecule has 0 spiro atoms. The number of rotatable bonds is 9. The summed E-state index contributed by atoms with van der Waals surface area (Å²) in [6.45, 7) is 4.22. The van der Waals surface area contributed by atoms with Gasteiger partial charge in [0.05, 0.1) is 18.8 Å². The van der Waals surface area contributed by atoms with Gasteiger partial charge in [0.1, 0.15) is 17.5 Å². The van der Waals surface area contributed by atoms with Gasteiger partial charge in [-0.1, -0.05) is 30.3 Å². The van der Waals surface area contributed by atoms with Crippen LogP contribution < -0.4 is 11.5 Å². The van der Waals surface area contributed by atoms with Gasteiger partial charge in [0.25, 0.3) is 5.91 Å². The van der Waals surface area contributed by atoms with Gasteiger partial charge in [-0.15, -0.1) is 0 Å². The van der Waals surface area contributed by atoms with E-state index in [0.717, 1.165) is 6.07 Å². The smallest absolute Gasteiger partial charge is 0.254 e. The van der Waals surface area contributed by atoms with Crippen LogP contribution in [0.15, 0.2) is 36.4 Å². The molecule has 0 bridgehead atoms. The second-order valence-electron chi connectivity index (χ2n) is 7.70. The number of hydrogen-bond donors (Lipinski definition) is 3. The van der Waals surface area contributed by atoms with Crippen LogP contribution in [0.5, 0.6) is 0 Å². The van der Waals surface area contributed by atoms with E-state index in [1.54, 1.807) is 31.2 Å². The lowest BCUT2D eigenvalue weighted by Crippen LogP contribution is -2.47. The van der Waals surface area contributed by atoms with Crippen molar-refractivity contribution in [3.05, 3.63) is 70.3 Å². The highest BCUT2D eigenvalue weighted by atomic mass is 19.1. The number of carbonyl (C=O) groups is 1. The molecule has 172 valence electrons. The Morgan fingerprint density at radius 3 is 2.38 bits per heavy atom. The average molecular weight is 446 g/mol. The lowest BCUT2D eigenvalue weighted by molar-refractivity contribution is -0.145. The Bertz CT molecular complexity index is 978. The molecule has 1 amide bonds. The zero-order chi connectivity index (χ0) is 23.3. The lowest BCUT2D eigenvalue weighted by atomic mass is 9.84. The molecule has 1 atom stereocenters. The van der Waals surface area contributed by atoms with Gasteiger partial charge < -0.3 is 20.9 Å². The van der Waals surface area contributed by atoms with Crippen molar-refractivity contribution in [2.75, 3.05) is 32.9 Å². The summed E-state index contributed by atoms with van der Waals surface area (Å²) in [7, 11) is 0. The van der Waals surface area contributed by atoms with E-state index in [4.69, 9.17) is 26.4 Å². The maximum atomic E-state index is 15.7. The first-order chi connectivity index (χ1) is 15.3. The molecule has 32 heavy (non-hydrogen) atoms. The van der Waals surface area contributed by atoms with Crippen LogP contribution in [0.3, 0.4) is 0 Å². The maximum absolute atomic E-state index is 15.7. The van der Waals surface area contributed by atoms with Crippen LogP contribution >= 0.6 is 0 Å². The van der Waals surface area contributed by atoms with Crippen molar-refractivity contribution in [1.29, 1.82) is 5.41 Å². The SMILES string of the molecule is CCOC(Cc1ccc(C(=N)N)cc1)(C(N)=O)c1c(F)ccc(CN2CCOCC2)c1F. The zero-order valence-electron chi connectivity index (χ0n) is 18.0. The molecule has 0 aromatic heterocycles. The molecule has 9 heteroatoms. The number of nitrogens with one attached hydrogen (secondary N) is 1. The van der Waals surface area contributed by atoms with Gasteiger partial charge in [0.2, 0.25) is 0 Å². The summed E-state index contributed by atoms with van der Waals surface area (Å²) in [4.78, 5) is 14.7. The first-order valence-corrected chi connectivity index (χ1v) is 10.4. The molecular weight excluding hydrogens is 418 g/mol. The number of amides is 1. The number of ether oxygens (including phenoxy) is 2. The molecule has 0 saturated carbocycles. The number of nitrogens with two attached hydrogens (primary N) is 2. The van der Waals surface area contributed by atoms with Crippen molar-refractivity contribution < 1.29 is 23.0 Å². The molecule has 1 saturated heterocycles. The van der Waals surface area contributed by atoms with E-state index in [2.05, 4.69) is 0 Å². The monoisotopic (exact) mass is 446 g/mol. The number of benzene rings is 2. The van der Waals surface area contributed by atoms with Gasteiger partial charge in [-0.05, 0) is 18.6 Å². The molecule has 1 fully saturated rings. The molecule has 0 radical (unpaired) electrons. The highest BCUT2D eigenvalue weighted by Gasteiger charge is 2.45. The number of primary amides is 1. The Labute approximate surface area is 185 Å². The average Bonchev–Trinajstić information content (AvgIpc) is 2.77. The topological polar surface area (TPSA) is 115 Å². The Morgan fingerprint density at radius 1 is 1.16 bits per heavy atom. The predicted octanol–water partition coefficient (Wildman–Crippen LogP) is 2.04. The van der Waals surface area contributed by atoms with Gasteiger partial charge >= 0.3 is 0 Å². The van der Waals surface area contributed by atoms with Gasteiger partial charge in [0.15, 0.2) is 5.60 Å². The van der Waals surface area contributed by atoms with Crippen LogP contribution in [0.1, 0.15) is 29.2 Å². The summed E-state index contributed by atoms with van der Waals surface area (Å²) in [6.07, 6.45) is -0.177. The molecule has 1 unspecified atom stereocenters. The molecule has 5 N–H and O–H groups in total. The summed E-state index contributed by atoms with van der Waals surface area (Å²) in [5.41, 5.74) is 9.95. The standard InChI is InChI=1S/C23H28F2N4O3/c1-2-32-23(22(28)30,13-15-3-5-16(6-4-15)21(26)27)19-18(24)8-7-17(20(19)25)14-29-9-11-31-12-10-29/h3-8H,2,9-14H2,1H3,(H3,26,27)(H2,28,30). The Morgan fingerprint density at radius 2 is 1.81 bits per heavy atom. The number of amidine groups is 1. The van der Waals surface area contributed by atoms with Crippen molar-refractivity contribution in [1.82, 2.24) is 4.90 Å². The molecule has 7 nitrogen and oxygen atoms in total. The first kappa shape index (κ1) is 23.8. The third-order valence-corrected chi connectivity index (χ3v) is 5.58. The Balaban J connectivity index is 2.05. The second-order valence-corrected chi connectivity index (χ2v) is 7.70. The number of nitrogen functional groups attached to an aromatic ring is 1. The molecule has 1 aliphatic rings. The molecule has 1 aliphatic heterocycles. The molecule has 1 heterocycles. The summed E-state index contributed by atoms with van der Waals surface area (Å²) < 4.78 is 41.8. The van der Waals surface area contributed by atoms with E-state index in [1.807, 2.05) is 4.90 Å². The number of carbonyl (C=O) groups excluding carboxylic acids is 1. The van der Waals surface area contributed by atoms with Crippen LogP contribution in [-0.4, -0.2) is 49.6 Å². The fourth-order valence-corrected chi connectivity index (χ4v) is 3.92. The minimum atomic E-state index is -2.04. The van der Waals surface area contributed by atoms with Crippen molar-refractivity contribution in [3.8, 4) is 0 Å². The lowest BCUT2D eigenvalue weighted by Gasteiger charge is -2.33. The van der Waals surface area contributed by atoms with Gasteiger partial charge in [0, 0.05) is 43.8 Å². The maximum Gasteiger partial charge on any atom is 0.254 e. The second kappa shape index (κ2) is 10.2. The summed E-state index contributed by atoms with van der Waals surface area (Å²) in [5.74, 6) is -2.85. The summed E-state index contributed by atoms with van der Waals surface area (Å²) in [6, 6.07) is 8.96. The van der Waals surface area contributed by atoms with E-state index in [9.17, 15) is 4.79 Å². The third kappa shape index (κ3) is 4.95. The fourth-order valence-electron chi connectivity index (χ4n) is 3.92. The van der Waals surface area contributed by atoms with Crippen LogP contribution in [-0.2, 0) is 32.8 Å². The van der Waals surface area contributed by atoms with Crippen LogP contribution in [0.4, 0.5) is 8.78 Å². The van der Waals surface area contributed by atoms with Crippen LogP contribution in [0.25, 0.3) is 0 Å². The molecule has 2 aromatic carbocycles. The van der Waals surface area contributed by atoms with Crippen LogP contribution in [0.2, 0.25) is 0 Å². The summed E-state index contributed by atoms with van der Waals surface area (Å²) in [5, 5.41) is 7.51. The van der Waals surface area contributed by atoms with Crippen molar-refractivity contribution in [2.24, 2.45) is 11.5 Å². The molecule has 3 rings (SSSR count). The van der Waals surface area contributed by atoms with E-state index in [0.29, 0.717) is 37.4 Å². The van der Waals surface area contributed by atoms with Gasteiger partial charge in [-0.3, -0.25) is 15.1 Å². The highest BCUT2D eigenvalue weighted by Crippen LogP contribution is 2.35. The predicted molar refractivity (Wildman–Crippen MR) is 116 cm³/mol. The minimum absolute atomic E-state index is 0.0149. The number of morpholine rings is 1. The highest BCUT2D eigenvalue weighted by molar-refractivity contribution is 5.95. The van der Waals surface area contributed by atoms with Crippen molar-refractivity contribution in [3.63, 3.8) is 0 Å². The number of halogens is 2. The Hall–Kier alpha value is -2.88. The normalized spacial score (nSPS) is 16.5. The Kier molecular flexibility index (Phi) is 7.55. The molecule has 0 aliphatic carbocycles. The van der Waals surface area contributed by atoms with E-state index in [-0.39, 0.29) is 31.0 Å².